The summed E-state index contributed by atoms with van der Waals surface area (Å²) >= 11 is 0. The summed E-state index contributed by atoms with van der Waals surface area (Å²) in [5.74, 6) is 1.40. The maximum atomic E-state index is 9.92. The van der Waals surface area contributed by atoms with Crippen molar-refractivity contribution in [3.63, 3.8) is 0 Å². The molecule has 1 atom stereocenters. The first-order valence-electron chi connectivity index (χ1n) is 9.17. The van der Waals surface area contributed by atoms with Gasteiger partial charge >= 0.3 is 0 Å². The largest absolute Gasteiger partial charge is 0.389 e. The molecule has 26 heavy (non-hydrogen) atoms. The standard InChI is InChI=1S/C19H31N3O3.HI/c1-2-20-19(22-12-18(23)15-25-14-17-8-9-17)21-10-11-24-13-16-6-4-3-5-7-16;/h3-7,17-18,23H,2,8-15H2,1H3,(H2,20,21,22);1H. The SMILES string of the molecule is CCNC(=NCC(O)COCC1CC1)NCCOCc1ccccc1.I. The number of halogens is 1. The second-order valence-electron chi connectivity index (χ2n) is 6.32. The molecule has 1 unspecified atom stereocenters. The van der Waals surface area contributed by atoms with Gasteiger partial charge in [0, 0.05) is 19.7 Å². The fraction of sp³-hybridized carbons (Fsp3) is 0.632. The van der Waals surface area contributed by atoms with E-state index in [0.717, 1.165) is 18.7 Å². The second kappa shape index (κ2) is 14.2. The molecule has 1 aliphatic rings. The number of nitrogens with zero attached hydrogens (tertiary/aromatic N) is 1. The first-order chi connectivity index (χ1) is 12.3. The van der Waals surface area contributed by atoms with Crippen LogP contribution in [0.25, 0.3) is 0 Å². The monoisotopic (exact) mass is 477 g/mol. The third-order valence-electron chi connectivity index (χ3n) is 3.82. The minimum atomic E-state index is -0.566. The Labute approximate surface area is 173 Å². The van der Waals surface area contributed by atoms with Crippen LogP contribution in [0, 0.1) is 5.92 Å². The van der Waals surface area contributed by atoms with Crippen LogP contribution < -0.4 is 10.6 Å². The number of nitrogens with one attached hydrogen (secondary N) is 2. The average molecular weight is 477 g/mol. The number of rotatable bonds is 12. The summed E-state index contributed by atoms with van der Waals surface area (Å²) in [6, 6.07) is 10.1. The average Bonchev–Trinajstić information content (AvgIpc) is 3.44. The minimum Gasteiger partial charge on any atom is -0.389 e. The maximum absolute atomic E-state index is 9.92. The third-order valence-corrected chi connectivity index (χ3v) is 3.82. The Balaban J connectivity index is 0.00000338. The Bertz CT molecular complexity index is 498. The summed E-state index contributed by atoms with van der Waals surface area (Å²) in [4.78, 5) is 4.39. The van der Waals surface area contributed by atoms with E-state index in [9.17, 15) is 5.11 Å². The molecular weight excluding hydrogens is 445 g/mol. The molecule has 7 heteroatoms. The van der Waals surface area contributed by atoms with E-state index in [-0.39, 0.29) is 24.0 Å². The van der Waals surface area contributed by atoms with E-state index in [4.69, 9.17) is 9.47 Å². The maximum Gasteiger partial charge on any atom is 0.191 e. The summed E-state index contributed by atoms with van der Waals surface area (Å²) in [7, 11) is 0. The molecule has 148 valence electrons. The molecule has 0 saturated heterocycles. The molecule has 0 aromatic heterocycles. The van der Waals surface area contributed by atoms with Crippen LogP contribution in [0.15, 0.2) is 35.3 Å². The van der Waals surface area contributed by atoms with Crippen molar-refractivity contribution in [3.05, 3.63) is 35.9 Å². The topological polar surface area (TPSA) is 75.1 Å². The van der Waals surface area contributed by atoms with Gasteiger partial charge in [-0.1, -0.05) is 30.3 Å². The highest BCUT2D eigenvalue weighted by Crippen LogP contribution is 2.28. The van der Waals surface area contributed by atoms with Gasteiger partial charge in [0.2, 0.25) is 0 Å². The van der Waals surface area contributed by atoms with Crippen LogP contribution in [0.2, 0.25) is 0 Å². The van der Waals surface area contributed by atoms with Crippen molar-refractivity contribution in [1.82, 2.24) is 10.6 Å². The van der Waals surface area contributed by atoms with Crippen molar-refractivity contribution in [2.45, 2.75) is 32.5 Å². The van der Waals surface area contributed by atoms with Crippen LogP contribution in [-0.4, -0.2) is 56.6 Å². The molecule has 0 amide bonds. The van der Waals surface area contributed by atoms with E-state index < -0.39 is 6.10 Å². The lowest BCUT2D eigenvalue weighted by Gasteiger charge is -2.13. The Kier molecular flexibility index (Phi) is 12.6. The van der Waals surface area contributed by atoms with Crippen molar-refractivity contribution in [2.24, 2.45) is 10.9 Å². The van der Waals surface area contributed by atoms with Gasteiger partial charge in [-0.25, -0.2) is 0 Å². The van der Waals surface area contributed by atoms with Gasteiger partial charge in [-0.3, -0.25) is 4.99 Å². The highest BCUT2D eigenvalue weighted by molar-refractivity contribution is 14.0. The van der Waals surface area contributed by atoms with Crippen LogP contribution >= 0.6 is 24.0 Å². The van der Waals surface area contributed by atoms with Gasteiger partial charge in [0.05, 0.1) is 32.5 Å². The van der Waals surface area contributed by atoms with E-state index in [1.165, 1.54) is 12.8 Å². The molecule has 2 rings (SSSR count). The van der Waals surface area contributed by atoms with Gasteiger partial charge in [0.25, 0.3) is 0 Å². The summed E-state index contributed by atoms with van der Waals surface area (Å²) in [6.07, 6.45) is 1.95. The zero-order chi connectivity index (χ0) is 17.7. The number of hydrogen-bond donors (Lipinski definition) is 3. The fourth-order valence-electron chi connectivity index (χ4n) is 2.25. The molecule has 1 aromatic rings. The molecule has 0 aliphatic heterocycles. The van der Waals surface area contributed by atoms with Crippen LogP contribution in [0.5, 0.6) is 0 Å². The summed E-state index contributed by atoms with van der Waals surface area (Å²) in [5.41, 5.74) is 1.16. The summed E-state index contributed by atoms with van der Waals surface area (Å²) in [5, 5.41) is 16.3. The summed E-state index contributed by atoms with van der Waals surface area (Å²) < 4.78 is 11.1. The predicted octanol–water partition coefficient (Wildman–Crippen LogP) is 2.16. The Morgan fingerprint density at radius 3 is 2.69 bits per heavy atom. The molecule has 0 heterocycles. The second-order valence-corrected chi connectivity index (χ2v) is 6.32. The van der Waals surface area contributed by atoms with Gasteiger partial charge < -0.3 is 25.2 Å². The first-order valence-corrected chi connectivity index (χ1v) is 9.17. The third kappa shape index (κ3) is 10.9. The van der Waals surface area contributed by atoms with Gasteiger partial charge in [-0.05, 0) is 31.2 Å². The molecule has 1 saturated carbocycles. The first kappa shape index (κ1) is 23.1. The lowest BCUT2D eigenvalue weighted by Crippen LogP contribution is -2.39. The van der Waals surface area contributed by atoms with Gasteiger partial charge in [-0.2, -0.15) is 0 Å². The number of aliphatic hydroxyl groups is 1. The number of aliphatic imine (C=N–C) groups is 1. The molecule has 3 N–H and O–H groups in total. The zero-order valence-electron chi connectivity index (χ0n) is 15.5. The van der Waals surface area contributed by atoms with Crippen LogP contribution in [-0.2, 0) is 16.1 Å². The smallest absolute Gasteiger partial charge is 0.191 e. The summed E-state index contributed by atoms with van der Waals surface area (Å²) in [6.45, 7) is 6.07. The van der Waals surface area contributed by atoms with E-state index in [2.05, 4.69) is 15.6 Å². The van der Waals surface area contributed by atoms with Gasteiger partial charge in [0.15, 0.2) is 5.96 Å². The van der Waals surface area contributed by atoms with Gasteiger partial charge in [0.1, 0.15) is 0 Å². The Hall–Kier alpha value is -0.900. The molecular formula is C19H32IN3O3. The van der Waals surface area contributed by atoms with Crippen molar-refractivity contribution in [3.8, 4) is 0 Å². The van der Waals surface area contributed by atoms with Gasteiger partial charge in [-0.15, -0.1) is 24.0 Å². The van der Waals surface area contributed by atoms with Crippen LogP contribution in [0.4, 0.5) is 0 Å². The predicted molar refractivity (Wildman–Crippen MR) is 115 cm³/mol. The number of benzene rings is 1. The number of hydrogen-bond acceptors (Lipinski definition) is 4. The van der Waals surface area contributed by atoms with Crippen molar-refractivity contribution < 1.29 is 14.6 Å². The van der Waals surface area contributed by atoms with E-state index in [1.807, 2.05) is 37.3 Å². The molecule has 1 fully saturated rings. The molecule has 0 spiro atoms. The lowest BCUT2D eigenvalue weighted by atomic mass is 10.2. The Morgan fingerprint density at radius 1 is 1.23 bits per heavy atom. The molecule has 1 aliphatic carbocycles. The van der Waals surface area contributed by atoms with E-state index >= 15 is 0 Å². The normalized spacial score (nSPS) is 15.2. The lowest BCUT2D eigenvalue weighted by molar-refractivity contribution is 0.0368. The molecule has 6 nitrogen and oxygen atoms in total. The molecule has 0 radical (unpaired) electrons. The van der Waals surface area contributed by atoms with Crippen molar-refractivity contribution >= 4 is 29.9 Å². The quantitative estimate of drug-likeness (QED) is 0.186. The zero-order valence-corrected chi connectivity index (χ0v) is 17.9. The van der Waals surface area contributed by atoms with E-state index in [1.54, 1.807) is 0 Å². The van der Waals surface area contributed by atoms with Crippen LogP contribution in [0.1, 0.15) is 25.3 Å². The van der Waals surface area contributed by atoms with E-state index in [0.29, 0.717) is 44.8 Å². The fourth-order valence-corrected chi connectivity index (χ4v) is 2.25. The number of aliphatic hydroxyl groups excluding tert-OH is 1. The Morgan fingerprint density at radius 2 is 2.00 bits per heavy atom. The highest BCUT2D eigenvalue weighted by atomic mass is 127. The highest BCUT2D eigenvalue weighted by Gasteiger charge is 2.21. The number of ether oxygens (including phenoxy) is 2. The van der Waals surface area contributed by atoms with Crippen molar-refractivity contribution in [1.29, 1.82) is 0 Å². The number of guanidine groups is 1. The van der Waals surface area contributed by atoms with Crippen molar-refractivity contribution in [2.75, 3.05) is 39.5 Å². The molecule has 0 bridgehead atoms. The minimum absolute atomic E-state index is 0. The van der Waals surface area contributed by atoms with Crippen LogP contribution in [0.3, 0.4) is 0 Å². The molecule has 1 aromatic carbocycles.